The number of ether oxygens (including phenoxy) is 7. The van der Waals surface area contributed by atoms with Gasteiger partial charge in [-0.25, -0.2) is 0 Å². The molecule has 3 fully saturated rings. The van der Waals surface area contributed by atoms with Gasteiger partial charge in [-0.2, -0.15) is 0 Å². The van der Waals surface area contributed by atoms with Crippen LogP contribution in [-0.4, -0.2) is 181 Å². The number of aliphatic hydroxyl groups excluding tert-OH is 4. The van der Waals surface area contributed by atoms with Gasteiger partial charge in [0.2, 0.25) is 0 Å². The Morgan fingerprint density at radius 2 is 1.44 bits per heavy atom. The molecule has 0 saturated carbocycles. The van der Waals surface area contributed by atoms with E-state index in [2.05, 4.69) is 0 Å². The summed E-state index contributed by atoms with van der Waals surface area (Å²) in [7, 11) is 10.7. The molecule has 15 nitrogen and oxygen atoms in total. The Balaban J connectivity index is 2.28. The number of methoxy groups -OCH3 is 2. The minimum absolute atomic E-state index is 0.103. The van der Waals surface area contributed by atoms with Crippen molar-refractivity contribution in [2.75, 3.05) is 49.0 Å². The van der Waals surface area contributed by atoms with Crippen molar-refractivity contribution in [2.45, 2.75) is 178 Å². The van der Waals surface area contributed by atoms with Crippen LogP contribution in [0.25, 0.3) is 0 Å². The first kappa shape index (κ1) is 48.3. The Bertz CT molecular complexity index is 1220. The SMILES string of the molecule is CC[C@H]1OC(=O)[C@H](C)[C@@H](O[C@H]2C[C@@](C)(OC)[C@@H](O)[C@H](C)O2)[C@H](C)[C@@H](O[C@@H]2O[C@H](C)C[C@H](N(C)C)[C@H]2O)[C@](C)(OC)C[C@@H](C)[C@H](N(C)C)[C@H](C)[C@@H](O)C1(O)CO. The lowest BCUT2D eigenvalue weighted by molar-refractivity contribution is -0.320. The predicted octanol–water partition coefficient (Wildman–Crippen LogP) is 1.77. The molecule has 3 heterocycles. The van der Waals surface area contributed by atoms with Gasteiger partial charge < -0.3 is 68.5 Å². The molecule has 5 N–H and O–H groups in total. The smallest absolute Gasteiger partial charge is 0.311 e. The van der Waals surface area contributed by atoms with Crippen molar-refractivity contribution < 1.29 is 63.5 Å². The first-order valence-electron chi connectivity index (χ1n) is 20.1. The number of carbonyl (C=O) groups excluding carboxylic acids is 1. The predicted molar refractivity (Wildman–Crippen MR) is 205 cm³/mol. The van der Waals surface area contributed by atoms with E-state index in [1.807, 2.05) is 72.6 Å². The van der Waals surface area contributed by atoms with E-state index in [-0.39, 0.29) is 36.9 Å². The lowest BCUT2D eigenvalue weighted by atomic mass is 9.71. The zero-order valence-corrected chi connectivity index (χ0v) is 36.2. The molecular weight excluding hydrogens is 716 g/mol. The minimum atomic E-state index is -2.19. The van der Waals surface area contributed by atoms with Gasteiger partial charge in [0, 0.05) is 44.6 Å². The van der Waals surface area contributed by atoms with Crippen LogP contribution in [0.1, 0.15) is 88.0 Å². The lowest BCUT2D eigenvalue weighted by Crippen LogP contribution is -2.63. The molecule has 0 spiro atoms. The standard InChI is InChI=1S/C40H76N2O13/c1-16-28-40(48,20-43)33(45)23(4)30(42(12)13)21(2)18-39(9,50-15)35(55-37-31(44)27(41(10)11)17-22(3)51-37)24(5)32(25(6)36(47)53-28)54-29-19-38(8,49-14)34(46)26(7)52-29/h21-35,37,43-46,48H,16-20H2,1-15H3/t21-,22-,23+,24+,25-,26+,27+,28-,29+,30+,31-,32+,33-,34+,35-,37+,38-,39-,40?/m1/s1. The summed E-state index contributed by atoms with van der Waals surface area (Å²) in [5, 5.41) is 57.3. The number of aliphatic hydroxyl groups is 5. The second-order valence-electron chi connectivity index (χ2n) is 17.8. The van der Waals surface area contributed by atoms with Gasteiger partial charge in [0.15, 0.2) is 18.2 Å². The molecule has 0 aromatic heterocycles. The molecule has 19 atom stereocenters. The van der Waals surface area contributed by atoms with Crippen LogP contribution >= 0.6 is 0 Å². The number of rotatable bonds is 10. The highest BCUT2D eigenvalue weighted by Crippen LogP contribution is 2.43. The molecule has 0 aromatic rings. The van der Waals surface area contributed by atoms with Crippen LogP contribution in [0.4, 0.5) is 0 Å². The Labute approximate surface area is 329 Å². The summed E-state index contributed by atoms with van der Waals surface area (Å²) in [6, 6.07) is -0.631. The number of hydrogen-bond acceptors (Lipinski definition) is 15. The van der Waals surface area contributed by atoms with Crippen molar-refractivity contribution in [3.8, 4) is 0 Å². The summed E-state index contributed by atoms with van der Waals surface area (Å²) >= 11 is 0. The largest absolute Gasteiger partial charge is 0.459 e. The van der Waals surface area contributed by atoms with Gasteiger partial charge in [-0.1, -0.05) is 27.7 Å². The molecule has 0 aliphatic carbocycles. The summed E-state index contributed by atoms with van der Waals surface area (Å²) in [5.74, 6) is -3.29. The van der Waals surface area contributed by atoms with Crippen molar-refractivity contribution >= 4 is 5.97 Å². The number of esters is 1. The molecule has 15 heteroatoms. The molecule has 0 radical (unpaired) electrons. The van der Waals surface area contributed by atoms with Gasteiger partial charge in [-0.05, 0) is 88.0 Å². The van der Waals surface area contributed by atoms with E-state index in [1.165, 1.54) is 7.11 Å². The molecule has 1 unspecified atom stereocenters. The van der Waals surface area contributed by atoms with E-state index in [0.717, 1.165) is 0 Å². The van der Waals surface area contributed by atoms with Gasteiger partial charge in [0.25, 0.3) is 0 Å². The van der Waals surface area contributed by atoms with Gasteiger partial charge in [0.05, 0.1) is 54.2 Å². The summed E-state index contributed by atoms with van der Waals surface area (Å²) < 4.78 is 44.5. The fourth-order valence-corrected chi connectivity index (χ4v) is 9.78. The molecule has 0 bridgehead atoms. The van der Waals surface area contributed by atoms with Gasteiger partial charge >= 0.3 is 5.97 Å². The number of hydrogen-bond donors (Lipinski definition) is 5. The maximum absolute atomic E-state index is 14.4. The van der Waals surface area contributed by atoms with Crippen molar-refractivity contribution in [3.63, 3.8) is 0 Å². The van der Waals surface area contributed by atoms with Gasteiger partial charge in [0.1, 0.15) is 18.3 Å². The van der Waals surface area contributed by atoms with E-state index in [0.29, 0.717) is 12.8 Å². The average molecular weight is 793 g/mol. The number of carbonyl (C=O) groups is 1. The maximum atomic E-state index is 14.4. The molecule has 0 amide bonds. The second kappa shape index (κ2) is 19.3. The van der Waals surface area contributed by atoms with E-state index in [9.17, 15) is 30.3 Å². The zero-order chi connectivity index (χ0) is 42.0. The Kier molecular flexibility index (Phi) is 17.0. The third-order valence-corrected chi connectivity index (χ3v) is 13.2. The van der Waals surface area contributed by atoms with Crippen LogP contribution in [-0.2, 0) is 38.0 Å². The normalized spacial score (nSPS) is 48.4. The summed E-state index contributed by atoms with van der Waals surface area (Å²) in [6.45, 7) is 15.6. The Morgan fingerprint density at radius 1 is 0.836 bits per heavy atom. The van der Waals surface area contributed by atoms with Crippen LogP contribution in [0.5, 0.6) is 0 Å². The Hall–Kier alpha value is -1.05. The minimum Gasteiger partial charge on any atom is -0.459 e. The maximum Gasteiger partial charge on any atom is 0.311 e. The molecule has 3 aliphatic rings. The van der Waals surface area contributed by atoms with Crippen LogP contribution in [0.2, 0.25) is 0 Å². The van der Waals surface area contributed by atoms with E-state index < -0.39 is 102 Å². The van der Waals surface area contributed by atoms with Crippen LogP contribution in [0, 0.1) is 23.7 Å². The monoisotopic (exact) mass is 793 g/mol. The zero-order valence-electron chi connectivity index (χ0n) is 36.2. The van der Waals surface area contributed by atoms with E-state index in [4.69, 9.17) is 33.2 Å². The molecule has 324 valence electrons. The number of cyclic esters (lactones) is 1. The van der Waals surface area contributed by atoms with E-state index >= 15 is 0 Å². The second-order valence-corrected chi connectivity index (χ2v) is 17.8. The Morgan fingerprint density at radius 3 is 1.95 bits per heavy atom. The number of nitrogens with zero attached hydrogens (tertiary/aromatic N) is 2. The molecule has 55 heavy (non-hydrogen) atoms. The first-order chi connectivity index (χ1) is 25.5. The van der Waals surface area contributed by atoms with Crippen molar-refractivity contribution in [2.24, 2.45) is 23.7 Å². The summed E-state index contributed by atoms with van der Waals surface area (Å²) in [6.07, 6.45) is -8.37. The topological polar surface area (TPSA) is 189 Å². The third-order valence-electron chi connectivity index (χ3n) is 13.2. The molecule has 3 aliphatic heterocycles. The van der Waals surface area contributed by atoms with Crippen LogP contribution < -0.4 is 0 Å². The highest BCUT2D eigenvalue weighted by atomic mass is 16.7. The molecule has 0 aromatic carbocycles. The summed E-state index contributed by atoms with van der Waals surface area (Å²) in [4.78, 5) is 18.3. The van der Waals surface area contributed by atoms with Gasteiger partial charge in [-0.15, -0.1) is 0 Å². The van der Waals surface area contributed by atoms with Gasteiger partial charge in [-0.3, -0.25) is 4.79 Å². The highest BCUT2D eigenvalue weighted by Gasteiger charge is 2.55. The van der Waals surface area contributed by atoms with Crippen molar-refractivity contribution in [1.29, 1.82) is 0 Å². The quantitative estimate of drug-likeness (QED) is 0.201. The molecule has 3 rings (SSSR count). The molecule has 3 saturated heterocycles. The van der Waals surface area contributed by atoms with E-state index in [1.54, 1.807) is 34.8 Å². The lowest BCUT2D eigenvalue weighted by Gasteiger charge is -2.51. The van der Waals surface area contributed by atoms with Crippen molar-refractivity contribution in [1.82, 2.24) is 9.80 Å². The highest BCUT2D eigenvalue weighted by molar-refractivity contribution is 5.73. The fourth-order valence-electron chi connectivity index (χ4n) is 9.78. The van der Waals surface area contributed by atoms with Crippen LogP contribution in [0.15, 0.2) is 0 Å². The van der Waals surface area contributed by atoms with Crippen molar-refractivity contribution in [3.05, 3.63) is 0 Å². The summed E-state index contributed by atoms with van der Waals surface area (Å²) in [5.41, 5.74) is -4.34. The molecular formula is C40H76N2O13. The number of likely N-dealkylation sites (N-methyl/N-ethyl adjacent to an activating group) is 1. The van der Waals surface area contributed by atoms with Crippen LogP contribution in [0.3, 0.4) is 0 Å². The average Bonchev–Trinajstić information content (AvgIpc) is 3.12. The fraction of sp³-hybridized carbons (Fsp3) is 0.975. The third kappa shape index (κ3) is 10.2. The first-order valence-corrected chi connectivity index (χ1v) is 20.1.